The number of piperidine rings is 2. The lowest BCUT2D eigenvalue weighted by Crippen LogP contribution is -2.48. The second-order valence-electron chi connectivity index (χ2n) is 16.9. The number of aliphatic hydroxyl groups is 1. The highest BCUT2D eigenvalue weighted by Gasteiger charge is 2.37. The molecular formula is C46H54N10O4. The van der Waals surface area contributed by atoms with E-state index in [2.05, 4.69) is 61.2 Å². The molecule has 9 rings (SSSR count). The third-order valence-corrected chi connectivity index (χ3v) is 13.1. The van der Waals surface area contributed by atoms with Crippen LogP contribution in [0.25, 0.3) is 16.9 Å². The predicted octanol–water partition coefficient (Wildman–Crippen LogP) is 5.01. The SMILES string of the molecule is C=CCn1c(=O)c2cnc(Nc3ccc(N4CCN(CC5CCN(Cc6cccc(C7CCC(=O)NC7=O)c6)CC5)CC4)cc3)nc2n1-c1ccc2c(n1)[C@@](O)(CC)CC2. The van der Waals surface area contributed by atoms with Crippen molar-refractivity contribution < 1.29 is 14.7 Å². The van der Waals surface area contributed by atoms with E-state index >= 15 is 0 Å². The van der Waals surface area contributed by atoms with Gasteiger partial charge in [0.1, 0.15) is 11.0 Å². The number of likely N-dealkylation sites (tertiary alicyclic amines) is 1. The summed E-state index contributed by atoms with van der Waals surface area (Å²) in [6.07, 6.45) is 8.53. The minimum absolute atomic E-state index is 0.176. The third kappa shape index (κ3) is 7.98. The number of nitrogens with one attached hydrogen (secondary N) is 2. The van der Waals surface area contributed by atoms with Crippen LogP contribution in [0.1, 0.15) is 73.8 Å². The molecule has 14 nitrogen and oxygen atoms in total. The standard InChI is InChI=1S/C46H54N10O4/c1-3-20-55-44(59)38-28-47-45(51-42(38)56(55)39-14-8-33-16-19-46(60,4-2)41(33)49-39)48-35-9-11-36(12-10-35)54-25-23-53(24-26-54)29-31-17-21-52(22-18-31)30-32-6-5-7-34(27-32)37-13-15-40(57)50-43(37)58/h3,5-12,14,27-28,31,37,60H,1,4,13,15-26,29-30H2,2H3,(H,47,48,51)(H,50,57,58)/t37?,46-/m1/s1. The van der Waals surface area contributed by atoms with Crippen molar-refractivity contribution in [1.82, 2.24) is 39.4 Å². The Morgan fingerprint density at radius 1 is 0.933 bits per heavy atom. The molecule has 2 amide bonds. The van der Waals surface area contributed by atoms with Crippen LogP contribution in [0.2, 0.25) is 0 Å². The van der Waals surface area contributed by atoms with E-state index in [4.69, 9.17) is 9.97 Å². The van der Waals surface area contributed by atoms with Crippen LogP contribution >= 0.6 is 0 Å². The number of hydrogen-bond donors (Lipinski definition) is 3. The minimum atomic E-state index is -0.987. The molecule has 6 heterocycles. The first-order chi connectivity index (χ1) is 29.2. The van der Waals surface area contributed by atoms with E-state index in [1.54, 1.807) is 21.6 Å². The summed E-state index contributed by atoms with van der Waals surface area (Å²) in [5, 5.41) is 17.5. The lowest BCUT2D eigenvalue weighted by Gasteiger charge is -2.39. The molecule has 3 fully saturated rings. The topological polar surface area (TPSA) is 154 Å². The van der Waals surface area contributed by atoms with Crippen LogP contribution in [-0.4, -0.2) is 96.8 Å². The molecule has 3 saturated heterocycles. The summed E-state index contributed by atoms with van der Waals surface area (Å²) in [6.45, 7) is 14.3. The Hall–Kier alpha value is -5.70. The largest absolute Gasteiger partial charge is 0.384 e. The average Bonchev–Trinajstić information content (AvgIpc) is 3.74. The van der Waals surface area contributed by atoms with Crippen molar-refractivity contribution in [2.45, 2.75) is 76.5 Å². The molecule has 3 aliphatic heterocycles. The fraction of sp³-hybridized carbons (Fsp3) is 0.435. The van der Waals surface area contributed by atoms with Gasteiger partial charge in [-0.2, -0.15) is 4.98 Å². The Kier molecular flexibility index (Phi) is 11.1. The minimum Gasteiger partial charge on any atom is -0.384 e. The molecule has 0 radical (unpaired) electrons. The van der Waals surface area contributed by atoms with Crippen LogP contribution in [0.15, 0.2) is 84.3 Å². The van der Waals surface area contributed by atoms with Crippen LogP contribution in [-0.2, 0) is 34.7 Å². The smallest absolute Gasteiger partial charge is 0.278 e. The molecule has 0 saturated carbocycles. The molecular weight excluding hydrogens is 757 g/mol. The summed E-state index contributed by atoms with van der Waals surface area (Å²) in [7, 11) is 0. The fourth-order valence-electron chi connectivity index (χ4n) is 9.56. The normalized spacial score (nSPS) is 21.6. The van der Waals surface area contributed by atoms with E-state index in [0.29, 0.717) is 60.1 Å². The molecule has 1 aliphatic carbocycles. The molecule has 2 aromatic carbocycles. The summed E-state index contributed by atoms with van der Waals surface area (Å²) in [4.78, 5) is 59.4. The van der Waals surface area contributed by atoms with Gasteiger partial charge < -0.3 is 15.3 Å². The first kappa shape index (κ1) is 39.7. The average molecular weight is 811 g/mol. The maximum absolute atomic E-state index is 13.5. The van der Waals surface area contributed by atoms with Gasteiger partial charge in [-0.05, 0) is 105 Å². The Morgan fingerprint density at radius 3 is 2.48 bits per heavy atom. The van der Waals surface area contributed by atoms with Gasteiger partial charge >= 0.3 is 0 Å². The van der Waals surface area contributed by atoms with Crippen molar-refractivity contribution in [3.63, 3.8) is 0 Å². The van der Waals surface area contributed by atoms with Gasteiger partial charge in [0.15, 0.2) is 11.5 Å². The lowest BCUT2D eigenvalue weighted by atomic mass is 9.89. The van der Waals surface area contributed by atoms with Crippen LogP contribution < -0.4 is 21.1 Å². The molecule has 312 valence electrons. The van der Waals surface area contributed by atoms with E-state index in [-0.39, 0.29) is 29.8 Å². The van der Waals surface area contributed by atoms with Crippen molar-refractivity contribution in [3.8, 4) is 5.82 Å². The number of nitrogens with zero attached hydrogens (tertiary/aromatic N) is 8. The monoisotopic (exact) mass is 810 g/mol. The highest BCUT2D eigenvalue weighted by atomic mass is 16.3. The Bertz CT molecular complexity index is 2460. The zero-order valence-corrected chi connectivity index (χ0v) is 34.4. The summed E-state index contributed by atoms with van der Waals surface area (Å²) in [5.74, 6) is 0.968. The van der Waals surface area contributed by atoms with Crippen molar-refractivity contribution >= 4 is 40.2 Å². The van der Waals surface area contributed by atoms with Gasteiger partial charge in [0.2, 0.25) is 17.8 Å². The van der Waals surface area contributed by atoms with Crippen LogP contribution in [0.3, 0.4) is 0 Å². The zero-order valence-electron chi connectivity index (χ0n) is 34.4. The molecule has 0 spiro atoms. The number of carbonyl (C=O) groups is 2. The number of piperazine rings is 1. The number of aryl methyl sites for hydroxylation is 1. The predicted molar refractivity (Wildman–Crippen MR) is 232 cm³/mol. The number of imide groups is 1. The molecule has 2 atom stereocenters. The van der Waals surface area contributed by atoms with Gasteiger partial charge in [0.05, 0.1) is 18.2 Å². The van der Waals surface area contributed by atoms with Crippen molar-refractivity contribution in [2.24, 2.45) is 5.92 Å². The zero-order chi connectivity index (χ0) is 41.4. The van der Waals surface area contributed by atoms with Gasteiger partial charge in [-0.15, -0.1) is 6.58 Å². The highest BCUT2D eigenvalue weighted by Crippen LogP contribution is 2.38. The van der Waals surface area contributed by atoms with E-state index < -0.39 is 5.60 Å². The first-order valence-electron chi connectivity index (χ1n) is 21.5. The summed E-state index contributed by atoms with van der Waals surface area (Å²) < 4.78 is 3.26. The van der Waals surface area contributed by atoms with Crippen molar-refractivity contribution in [2.75, 3.05) is 56.0 Å². The van der Waals surface area contributed by atoms with E-state index in [1.165, 1.54) is 24.1 Å². The maximum atomic E-state index is 13.5. The summed E-state index contributed by atoms with van der Waals surface area (Å²) in [5.41, 5.74) is 5.15. The van der Waals surface area contributed by atoms with Crippen molar-refractivity contribution in [3.05, 3.63) is 112 Å². The van der Waals surface area contributed by atoms with Crippen molar-refractivity contribution in [1.29, 1.82) is 0 Å². The third-order valence-electron chi connectivity index (χ3n) is 13.1. The number of benzene rings is 2. The number of aromatic nitrogens is 5. The van der Waals surface area contributed by atoms with Gasteiger partial charge in [0, 0.05) is 63.3 Å². The quantitative estimate of drug-likeness (QED) is 0.115. The summed E-state index contributed by atoms with van der Waals surface area (Å²) >= 11 is 0. The molecule has 3 N–H and O–H groups in total. The molecule has 3 aromatic heterocycles. The Balaban J connectivity index is 0.784. The molecule has 60 heavy (non-hydrogen) atoms. The van der Waals surface area contributed by atoms with Gasteiger partial charge in [-0.3, -0.25) is 29.5 Å². The first-order valence-corrected chi connectivity index (χ1v) is 21.5. The second kappa shape index (κ2) is 16.7. The molecule has 14 heteroatoms. The number of hydrogen-bond acceptors (Lipinski definition) is 11. The van der Waals surface area contributed by atoms with E-state index in [1.807, 2.05) is 43.3 Å². The number of pyridine rings is 1. The number of rotatable bonds is 12. The van der Waals surface area contributed by atoms with E-state index in [0.717, 1.165) is 75.6 Å². The number of allylic oxidation sites excluding steroid dienone is 1. The molecule has 0 bridgehead atoms. The second-order valence-corrected chi connectivity index (χ2v) is 16.9. The Labute approximate surface area is 349 Å². The molecule has 4 aliphatic rings. The highest BCUT2D eigenvalue weighted by molar-refractivity contribution is 6.00. The molecule has 1 unspecified atom stereocenters. The number of amides is 2. The van der Waals surface area contributed by atoms with E-state index in [9.17, 15) is 19.5 Å². The number of anilines is 3. The van der Waals surface area contributed by atoms with Gasteiger partial charge in [-0.25, -0.2) is 19.3 Å². The van der Waals surface area contributed by atoms with Crippen LogP contribution in [0.5, 0.6) is 0 Å². The van der Waals surface area contributed by atoms with Gasteiger partial charge in [0.25, 0.3) is 5.56 Å². The molecule has 5 aromatic rings. The number of fused-ring (bicyclic) bond motifs is 2. The number of carbonyl (C=O) groups excluding carboxylic acids is 2. The fourth-order valence-corrected chi connectivity index (χ4v) is 9.56. The van der Waals surface area contributed by atoms with Crippen LogP contribution in [0.4, 0.5) is 17.3 Å². The Morgan fingerprint density at radius 2 is 1.73 bits per heavy atom. The lowest BCUT2D eigenvalue weighted by molar-refractivity contribution is -0.134. The van der Waals surface area contributed by atoms with Crippen LogP contribution in [0, 0.1) is 5.92 Å². The maximum Gasteiger partial charge on any atom is 0.278 e. The van der Waals surface area contributed by atoms with Gasteiger partial charge in [-0.1, -0.05) is 43.3 Å². The summed E-state index contributed by atoms with van der Waals surface area (Å²) in [6, 6.07) is 20.6.